The first-order chi connectivity index (χ1) is 13.7. The summed E-state index contributed by atoms with van der Waals surface area (Å²) in [6.07, 6.45) is 3.34. The van der Waals surface area contributed by atoms with Crippen molar-refractivity contribution in [3.8, 4) is 11.5 Å². The van der Waals surface area contributed by atoms with Crippen molar-refractivity contribution in [1.29, 1.82) is 0 Å². The van der Waals surface area contributed by atoms with Crippen molar-refractivity contribution in [3.05, 3.63) is 104 Å². The van der Waals surface area contributed by atoms with Crippen LogP contribution in [0.25, 0.3) is 0 Å². The third-order valence-electron chi connectivity index (χ3n) is 4.23. The summed E-state index contributed by atoms with van der Waals surface area (Å²) in [5.41, 5.74) is 0. The van der Waals surface area contributed by atoms with Crippen LogP contribution >= 0.6 is 7.14 Å². The van der Waals surface area contributed by atoms with Crippen LogP contribution in [0.5, 0.6) is 11.5 Å². The predicted octanol–water partition coefficient (Wildman–Crippen LogP) is 4.46. The zero-order chi connectivity index (χ0) is 19.8. The van der Waals surface area contributed by atoms with Crippen molar-refractivity contribution >= 4 is 23.1 Å². The molecular formula is C24H23O3P. The highest BCUT2D eigenvalue weighted by atomic mass is 31.2. The van der Waals surface area contributed by atoms with Crippen molar-refractivity contribution < 1.29 is 14.0 Å². The molecule has 3 aromatic carbocycles. The van der Waals surface area contributed by atoms with Gasteiger partial charge in [0.25, 0.3) is 0 Å². The van der Waals surface area contributed by atoms with Gasteiger partial charge in [0.05, 0.1) is 5.30 Å². The molecule has 0 aliphatic rings. The van der Waals surface area contributed by atoms with E-state index in [1.807, 2.05) is 72.8 Å². The van der Waals surface area contributed by atoms with E-state index in [1.165, 1.54) is 0 Å². The number of rotatable bonds is 9. The van der Waals surface area contributed by atoms with Gasteiger partial charge in [-0.1, -0.05) is 86.0 Å². The lowest BCUT2D eigenvalue weighted by Crippen LogP contribution is -2.26. The highest BCUT2D eigenvalue weighted by Crippen LogP contribution is 2.45. The second-order valence-electron chi connectivity index (χ2n) is 6.11. The van der Waals surface area contributed by atoms with Gasteiger partial charge in [0, 0.05) is 10.6 Å². The van der Waals surface area contributed by atoms with E-state index in [0.29, 0.717) is 30.0 Å². The first-order valence-corrected chi connectivity index (χ1v) is 10.7. The van der Waals surface area contributed by atoms with Gasteiger partial charge in [0.2, 0.25) is 0 Å². The van der Waals surface area contributed by atoms with Crippen LogP contribution in [0.4, 0.5) is 0 Å². The SMILES string of the molecule is C=CCOc1ccc(OCC=C)c(P(=O)(c2ccccc2)c2ccccc2)c1. The fourth-order valence-corrected chi connectivity index (χ4v) is 5.76. The lowest BCUT2D eigenvalue weighted by Gasteiger charge is -2.23. The summed E-state index contributed by atoms with van der Waals surface area (Å²) in [6, 6.07) is 24.4. The number of ether oxygens (including phenoxy) is 2. The third kappa shape index (κ3) is 4.11. The summed E-state index contributed by atoms with van der Waals surface area (Å²) in [5, 5.41) is 2.09. The Hall–Kier alpha value is -3.03. The molecule has 0 heterocycles. The Labute approximate surface area is 166 Å². The molecule has 142 valence electrons. The van der Waals surface area contributed by atoms with Crippen LogP contribution in [0.2, 0.25) is 0 Å². The molecule has 0 aromatic heterocycles. The molecule has 3 nitrogen and oxygen atoms in total. The Morgan fingerprint density at radius 3 is 1.82 bits per heavy atom. The highest BCUT2D eigenvalue weighted by Gasteiger charge is 2.33. The lowest BCUT2D eigenvalue weighted by molar-refractivity contribution is 0.355. The van der Waals surface area contributed by atoms with E-state index >= 15 is 0 Å². The molecule has 0 saturated carbocycles. The molecule has 3 aromatic rings. The van der Waals surface area contributed by atoms with Crippen molar-refractivity contribution in [2.24, 2.45) is 0 Å². The fraction of sp³-hybridized carbons (Fsp3) is 0.0833. The molecule has 0 amide bonds. The van der Waals surface area contributed by atoms with Crippen molar-refractivity contribution in [2.75, 3.05) is 13.2 Å². The van der Waals surface area contributed by atoms with Gasteiger partial charge in [-0.15, -0.1) is 0 Å². The summed E-state index contributed by atoms with van der Waals surface area (Å²) >= 11 is 0. The molecule has 0 N–H and O–H groups in total. The quantitative estimate of drug-likeness (QED) is 0.400. The maximum Gasteiger partial charge on any atom is 0.174 e. The standard InChI is InChI=1S/C24H23O3P/c1-3-17-26-20-15-16-23(27-18-4-2)24(19-20)28(25,21-11-7-5-8-12-21)22-13-9-6-10-14-22/h3-16,19H,1-2,17-18H2. The van der Waals surface area contributed by atoms with Gasteiger partial charge in [0.1, 0.15) is 24.7 Å². The summed E-state index contributed by atoms with van der Waals surface area (Å²) < 4.78 is 26.2. The molecule has 0 spiro atoms. The minimum atomic E-state index is -3.18. The van der Waals surface area contributed by atoms with E-state index in [0.717, 1.165) is 10.6 Å². The van der Waals surface area contributed by atoms with E-state index < -0.39 is 7.14 Å². The van der Waals surface area contributed by atoms with Crippen molar-refractivity contribution in [3.63, 3.8) is 0 Å². The highest BCUT2D eigenvalue weighted by molar-refractivity contribution is 7.85. The summed E-state index contributed by atoms with van der Waals surface area (Å²) in [7, 11) is -3.18. The van der Waals surface area contributed by atoms with Crippen LogP contribution in [0.3, 0.4) is 0 Å². The topological polar surface area (TPSA) is 35.5 Å². The Balaban J connectivity index is 2.25. The predicted molar refractivity (Wildman–Crippen MR) is 117 cm³/mol. The fourth-order valence-electron chi connectivity index (χ4n) is 2.96. The number of hydrogen-bond acceptors (Lipinski definition) is 3. The van der Waals surface area contributed by atoms with Crippen LogP contribution in [-0.2, 0) is 4.57 Å². The van der Waals surface area contributed by atoms with E-state index in [1.54, 1.807) is 18.2 Å². The van der Waals surface area contributed by atoms with Gasteiger partial charge in [-0.2, -0.15) is 0 Å². The minimum absolute atomic E-state index is 0.323. The summed E-state index contributed by atoms with van der Waals surface area (Å²) in [5.74, 6) is 1.18. The largest absolute Gasteiger partial charge is 0.490 e. The van der Waals surface area contributed by atoms with Crippen LogP contribution < -0.4 is 25.4 Å². The monoisotopic (exact) mass is 390 g/mol. The molecule has 0 unspecified atom stereocenters. The molecule has 0 atom stereocenters. The molecule has 4 heteroatoms. The van der Waals surface area contributed by atoms with Gasteiger partial charge in [0.15, 0.2) is 7.14 Å². The molecule has 28 heavy (non-hydrogen) atoms. The molecule has 0 fully saturated rings. The molecule has 0 bridgehead atoms. The maximum atomic E-state index is 14.6. The second-order valence-corrected chi connectivity index (χ2v) is 8.84. The number of benzene rings is 3. The summed E-state index contributed by atoms with van der Waals surface area (Å²) in [6.45, 7) is 8.09. The Morgan fingerprint density at radius 2 is 1.29 bits per heavy atom. The van der Waals surface area contributed by atoms with Crippen molar-refractivity contribution in [1.82, 2.24) is 0 Å². The number of hydrogen-bond donors (Lipinski definition) is 0. The van der Waals surface area contributed by atoms with Crippen molar-refractivity contribution in [2.45, 2.75) is 0 Å². The van der Waals surface area contributed by atoms with Crippen LogP contribution in [0, 0.1) is 0 Å². The molecule has 0 saturated heterocycles. The average Bonchev–Trinajstić information content (AvgIpc) is 2.77. The summed E-state index contributed by atoms with van der Waals surface area (Å²) in [4.78, 5) is 0. The van der Waals surface area contributed by atoms with Gasteiger partial charge in [-0.3, -0.25) is 0 Å². The Bertz CT molecular complexity index is 938. The first kappa shape index (κ1) is 19.7. The van der Waals surface area contributed by atoms with E-state index in [-0.39, 0.29) is 0 Å². The van der Waals surface area contributed by atoms with Gasteiger partial charge >= 0.3 is 0 Å². The molecule has 0 aliphatic heterocycles. The van der Waals surface area contributed by atoms with Gasteiger partial charge in [-0.05, 0) is 18.2 Å². The van der Waals surface area contributed by atoms with Gasteiger partial charge < -0.3 is 14.0 Å². The zero-order valence-corrected chi connectivity index (χ0v) is 16.6. The van der Waals surface area contributed by atoms with Crippen LogP contribution in [0.15, 0.2) is 104 Å². The molecule has 3 rings (SSSR count). The lowest BCUT2D eigenvalue weighted by atomic mass is 10.3. The maximum absolute atomic E-state index is 14.6. The molecular weight excluding hydrogens is 367 g/mol. The van der Waals surface area contributed by atoms with Gasteiger partial charge in [-0.25, -0.2) is 0 Å². The van der Waals surface area contributed by atoms with Crippen LogP contribution in [-0.4, -0.2) is 13.2 Å². The second kappa shape index (κ2) is 9.25. The smallest absolute Gasteiger partial charge is 0.174 e. The minimum Gasteiger partial charge on any atom is -0.490 e. The first-order valence-electron chi connectivity index (χ1n) is 9.03. The molecule has 0 aliphatic carbocycles. The van der Waals surface area contributed by atoms with E-state index in [4.69, 9.17) is 9.47 Å². The zero-order valence-electron chi connectivity index (χ0n) is 15.7. The Morgan fingerprint density at radius 1 is 0.750 bits per heavy atom. The Kier molecular flexibility index (Phi) is 6.52. The van der Waals surface area contributed by atoms with E-state index in [2.05, 4.69) is 13.2 Å². The van der Waals surface area contributed by atoms with E-state index in [9.17, 15) is 4.57 Å². The molecule has 0 radical (unpaired) electrons. The average molecular weight is 390 g/mol. The van der Waals surface area contributed by atoms with Crippen LogP contribution in [0.1, 0.15) is 0 Å². The third-order valence-corrected chi connectivity index (χ3v) is 7.31. The normalized spacial score (nSPS) is 10.9.